The van der Waals surface area contributed by atoms with E-state index >= 15 is 0 Å². The molecule has 23 heavy (non-hydrogen) atoms. The van der Waals surface area contributed by atoms with Crippen molar-refractivity contribution in [2.75, 3.05) is 13.2 Å². The van der Waals surface area contributed by atoms with Gasteiger partial charge in [-0.15, -0.1) is 0 Å². The van der Waals surface area contributed by atoms with Crippen molar-refractivity contribution in [1.29, 1.82) is 0 Å². The lowest BCUT2D eigenvalue weighted by atomic mass is 10.2. The molecule has 1 aromatic rings. The average molecular weight is 431 g/mol. The number of hydrogen-bond donors (Lipinski definition) is 0. The molecular weight excluding hydrogens is 405 g/mol. The third-order valence-electron chi connectivity index (χ3n) is 3.50. The Morgan fingerprint density at radius 2 is 2.04 bits per heavy atom. The van der Waals surface area contributed by atoms with E-state index in [1.165, 1.54) is 12.8 Å². The maximum atomic E-state index is 12.5. The molecule has 2 rings (SSSR count). The van der Waals surface area contributed by atoms with Gasteiger partial charge in [0.25, 0.3) is 0 Å². The molecule has 0 bridgehead atoms. The van der Waals surface area contributed by atoms with Crippen LogP contribution in [0.5, 0.6) is 5.75 Å². The summed E-state index contributed by atoms with van der Waals surface area (Å²) in [5, 5.41) is 0. The fourth-order valence-corrected chi connectivity index (χ4v) is 3.01. The van der Waals surface area contributed by atoms with Crippen molar-refractivity contribution in [3.05, 3.63) is 27.3 Å². The van der Waals surface area contributed by atoms with Gasteiger partial charge in [-0.1, -0.05) is 6.07 Å². The first-order chi connectivity index (χ1) is 10.8. The number of rotatable bonds is 6. The van der Waals surface area contributed by atoms with Crippen molar-refractivity contribution in [2.45, 2.75) is 52.7 Å². The summed E-state index contributed by atoms with van der Waals surface area (Å²) in [6, 6.07) is 6.08. The van der Waals surface area contributed by atoms with Gasteiger partial charge in [0.15, 0.2) is 0 Å². The zero-order valence-corrected chi connectivity index (χ0v) is 16.6. The first kappa shape index (κ1) is 18.4. The summed E-state index contributed by atoms with van der Waals surface area (Å²) >= 11 is 2.27. The minimum absolute atomic E-state index is 0.228. The molecule has 4 nitrogen and oxygen atoms in total. The number of carbonyl (C=O) groups is 1. The third-order valence-corrected chi connectivity index (χ3v) is 4.34. The summed E-state index contributed by atoms with van der Waals surface area (Å²) in [7, 11) is 0. The Balaban J connectivity index is 2.07. The lowest BCUT2D eigenvalue weighted by molar-refractivity contribution is 0.0224. The first-order valence-electron chi connectivity index (χ1n) is 8.17. The molecule has 0 aliphatic heterocycles. The van der Waals surface area contributed by atoms with Gasteiger partial charge in [-0.05, 0) is 86.7 Å². The summed E-state index contributed by atoms with van der Waals surface area (Å²) in [6.45, 7) is 9.69. The van der Waals surface area contributed by atoms with E-state index in [4.69, 9.17) is 9.47 Å². The lowest BCUT2D eigenvalue weighted by Gasteiger charge is -2.27. The Labute approximate surface area is 152 Å². The van der Waals surface area contributed by atoms with Crippen LogP contribution >= 0.6 is 22.6 Å². The van der Waals surface area contributed by atoms with Crippen molar-refractivity contribution in [1.82, 2.24) is 4.90 Å². The van der Waals surface area contributed by atoms with E-state index in [1.807, 2.05) is 44.7 Å². The van der Waals surface area contributed by atoms with Gasteiger partial charge in [-0.25, -0.2) is 4.79 Å². The van der Waals surface area contributed by atoms with Gasteiger partial charge in [0.1, 0.15) is 11.4 Å². The number of benzene rings is 1. The highest BCUT2D eigenvalue weighted by Gasteiger charge is 2.29. The molecule has 1 aromatic carbocycles. The molecule has 5 heteroatoms. The van der Waals surface area contributed by atoms with Crippen LogP contribution in [0.3, 0.4) is 0 Å². The number of nitrogens with zero attached hydrogens (tertiary/aromatic N) is 1. The van der Waals surface area contributed by atoms with E-state index in [9.17, 15) is 4.79 Å². The normalized spacial score (nSPS) is 14.5. The van der Waals surface area contributed by atoms with Crippen LogP contribution in [-0.4, -0.2) is 29.7 Å². The van der Waals surface area contributed by atoms with Crippen molar-refractivity contribution in [3.8, 4) is 5.75 Å². The maximum absolute atomic E-state index is 12.5. The van der Waals surface area contributed by atoms with Crippen LogP contribution in [0.25, 0.3) is 0 Å². The molecule has 0 saturated heterocycles. The van der Waals surface area contributed by atoms with Crippen LogP contribution in [-0.2, 0) is 11.3 Å². The van der Waals surface area contributed by atoms with Gasteiger partial charge in [-0.2, -0.15) is 0 Å². The fraction of sp³-hybridized carbons (Fsp3) is 0.611. The molecule has 1 saturated carbocycles. The molecule has 128 valence electrons. The Hall–Kier alpha value is -0.980. The Kier molecular flexibility index (Phi) is 6.17. The van der Waals surface area contributed by atoms with Gasteiger partial charge in [0.2, 0.25) is 0 Å². The maximum Gasteiger partial charge on any atom is 0.410 e. The van der Waals surface area contributed by atoms with Crippen LogP contribution in [0, 0.1) is 9.49 Å². The Morgan fingerprint density at radius 1 is 1.35 bits per heavy atom. The average Bonchev–Trinajstić information content (AvgIpc) is 3.23. The molecule has 1 aliphatic carbocycles. The molecule has 0 aromatic heterocycles. The highest BCUT2D eigenvalue weighted by atomic mass is 127. The van der Waals surface area contributed by atoms with Gasteiger partial charge in [0.05, 0.1) is 10.2 Å². The van der Waals surface area contributed by atoms with E-state index in [1.54, 1.807) is 0 Å². The van der Waals surface area contributed by atoms with Gasteiger partial charge in [0, 0.05) is 13.1 Å². The second-order valence-corrected chi connectivity index (χ2v) is 8.16. The third kappa shape index (κ3) is 6.20. The van der Waals surface area contributed by atoms with Crippen LogP contribution in [0.2, 0.25) is 0 Å². The number of carbonyl (C=O) groups excluding carboxylic acids is 1. The highest BCUT2D eigenvalue weighted by Crippen LogP contribution is 2.31. The van der Waals surface area contributed by atoms with Crippen molar-refractivity contribution < 1.29 is 14.3 Å². The minimum atomic E-state index is -0.466. The number of ether oxygens (including phenoxy) is 2. The smallest absolute Gasteiger partial charge is 0.410 e. The molecule has 0 heterocycles. The van der Waals surface area contributed by atoms with Crippen LogP contribution in [0.1, 0.15) is 46.1 Å². The van der Waals surface area contributed by atoms with Crippen molar-refractivity contribution >= 4 is 28.7 Å². The zero-order valence-electron chi connectivity index (χ0n) is 14.4. The fourth-order valence-electron chi connectivity index (χ4n) is 2.28. The molecule has 0 spiro atoms. The standard InChI is InChI=1S/C18H26INO3/c1-5-22-16-9-8-14(10-15(16)19)12-20(11-13-6-7-13)17(21)23-18(2,3)4/h8-10,13H,5-7,11-12H2,1-4H3. The summed E-state index contributed by atoms with van der Waals surface area (Å²) in [5.74, 6) is 1.52. The molecule has 1 amide bonds. The molecule has 1 fully saturated rings. The molecule has 1 aliphatic rings. The quantitative estimate of drug-likeness (QED) is 0.606. The van der Waals surface area contributed by atoms with Gasteiger partial charge in [-0.3, -0.25) is 0 Å². The van der Waals surface area contributed by atoms with Crippen molar-refractivity contribution in [3.63, 3.8) is 0 Å². The summed E-state index contributed by atoms with van der Waals surface area (Å²) in [6.07, 6.45) is 2.19. The van der Waals surface area contributed by atoms with E-state index in [0.717, 1.165) is 21.4 Å². The monoisotopic (exact) mass is 431 g/mol. The topological polar surface area (TPSA) is 38.8 Å². The number of halogens is 1. The number of hydrogen-bond acceptors (Lipinski definition) is 3. The van der Waals surface area contributed by atoms with E-state index < -0.39 is 5.60 Å². The largest absolute Gasteiger partial charge is 0.493 e. The SMILES string of the molecule is CCOc1ccc(CN(CC2CC2)C(=O)OC(C)(C)C)cc1I. The minimum Gasteiger partial charge on any atom is -0.493 e. The first-order valence-corrected chi connectivity index (χ1v) is 9.25. The Bertz CT molecular complexity index is 550. The second kappa shape index (κ2) is 7.73. The van der Waals surface area contributed by atoms with Crippen molar-refractivity contribution in [2.24, 2.45) is 5.92 Å². The van der Waals surface area contributed by atoms with E-state index in [-0.39, 0.29) is 6.09 Å². The highest BCUT2D eigenvalue weighted by molar-refractivity contribution is 14.1. The van der Waals surface area contributed by atoms with Crippen LogP contribution in [0.15, 0.2) is 18.2 Å². The Morgan fingerprint density at radius 3 is 2.57 bits per heavy atom. The zero-order chi connectivity index (χ0) is 17.0. The summed E-state index contributed by atoms with van der Waals surface area (Å²) < 4.78 is 12.2. The van der Waals surface area contributed by atoms with E-state index in [2.05, 4.69) is 28.7 Å². The predicted molar refractivity (Wildman–Crippen MR) is 99.7 cm³/mol. The summed E-state index contributed by atoms with van der Waals surface area (Å²) in [4.78, 5) is 14.3. The second-order valence-electron chi connectivity index (χ2n) is 7.00. The lowest BCUT2D eigenvalue weighted by Crippen LogP contribution is -2.37. The van der Waals surface area contributed by atoms with Crippen LogP contribution in [0.4, 0.5) is 4.79 Å². The van der Waals surface area contributed by atoms with Gasteiger partial charge < -0.3 is 14.4 Å². The molecule has 0 unspecified atom stereocenters. The molecule has 0 N–H and O–H groups in total. The van der Waals surface area contributed by atoms with Crippen LogP contribution < -0.4 is 4.74 Å². The van der Waals surface area contributed by atoms with E-state index in [0.29, 0.717) is 19.1 Å². The summed E-state index contributed by atoms with van der Waals surface area (Å²) in [5.41, 5.74) is 0.635. The predicted octanol–water partition coefficient (Wildman–Crippen LogP) is 4.84. The van der Waals surface area contributed by atoms with Gasteiger partial charge >= 0.3 is 6.09 Å². The number of amides is 1. The molecular formula is C18H26INO3. The molecule has 0 atom stereocenters. The molecule has 0 radical (unpaired) electrons.